The second-order valence-corrected chi connectivity index (χ2v) is 11.8. The molecule has 0 spiro atoms. The minimum absolute atomic E-state index is 0.0574. The summed E-state index contributed by atoms with van der Waals surface area (Å²) in [4.78, 5) is 30.6. The zero-order chi connectivity index (χ0) is 29.6. The summed E-state index contributed by atoms with van der Waals surface area (Å²) in [5, 5.41) is 5.98. The molecule has 4 rings (SSSR count). The number of hydrogen-bond donors (Lipinski definition) is 4. The lowest BCUT2D eigenvalue weighted by molar-refractivity contribution is -0.125. The van der Waals surface area contributed by atoms with Crippen LogP contribution in [-0.2, 0) is 26.0 Å². The van der Waals surface area contributed by atoms with E-state index in [1.54, 1.807) is 56.6 Å². The van der Waals surface area contributed by atoms with Crippen molar-refractivity contribution in [3.05, 3.63) is 82.4 Å². The molecule has 10 nitrogen and oxygen atoms in total. The van der Waals surface area contributed by atoms with Gasteiger partial charge in [0.1, 0.15) is 12.4 Å². The van der Waals surface area contributed by atoms with Gasteiger partial charge in [-0.25, -0.2) is 18.8 Å². The summed E-state index contributed by atoms with van der Waals surface area (Å²) in [6.07, 6.45) is 1.77. The van der Waals surface area contributed by atoms with Crippen LogP contribution in [0.15, 0.2) is 70.6 Å². The van der Waals surface area contributed by atoms with Crippen LogP contribution in [0.1, 0.15) is 30.0 Å². The number of hydrogen-bond acceptors (Lipinski definition) is 6. The Kier molecular flexibility index (Phi) is 9.64. The lowest BCUT2D eigenvalue weighted by atomic mass is 10.1. The van der Waals surface area contributed by atoms with Crippen LogP contribution in [0.3, 0.4) is 0 Å². The number of para-hydroxylation sites is 2. The van der Waals surface area contributed by atoms with Crippen molar-refractivity contribution in [1.82, 2.24) is 16.2 Å². The van der Waals surface area contributed by atoms with Crippen LogP contribution in [0.5, 0.6) is 0 Å². The number of carbonyl (C=O) groups is 2. The van der Waals surface area contributed by atoms with Crippen LogP contribution >= 0.6 is 11.6 Å². The molecule has 12 heteroatoms. The Bertz CT molecular complexity index is 1540. The molecule has 1 heterocycles. The summed E-state index contributed by atoms with van der Waals surface area (Å²) in [6.45, 7) is 6.37. The van der Waals surface area contributed by atoms with E-state index in [4.69, 9.17) is 11.6 Å². The zero-order valence-electron chi connectivity index (χ0n) is 23.1. The van der Waals surface area contributed by atoms with Gasteiger partial charge in [0.2, 0.25) is 11.8 Å². The highest BCUT2D eigenvalue weighted by molar-refractivity contribution is 7.93. The van der Waals surface area contributed by atoms with Gasteiger partial charge < -0.3 is 16.1 Å². The number of aryl methyl sites for hydroxylation is 2. The fraction of sp³-hybridized carbons (Fsp3) is 0.276. The van der Waals surface area contributed by atoms with Crippen molar-refractivity contribution in [2.75, 3.05) is 22.7 Å². The summed E-state index contributed by atoms with van der Waals surface area (Å²) >= 11 is 6.15. The average Bonchev–Trinajstić information content (AvgIpc) is 2.91. The number of fused-ring (bicyclic) bond motifs is 1. The first kappa shape index (κ1) is 30.0. The van der Waals surface area contributed by atoms with E-state index in [1.807, 2.05) is 31.2 Å². The lowest BCUT2D eigenvalue weighted by Gasteiger charge is -2.37. The molecule has 0 radical (unpaired) electrons. The SMILES string of the molecule is CCNNC=Nc1ccc(CCNC(=O)CC2C(=O)Nc3ccccc3N2S(=O)(=O)c2c(C)cc(Cl)cc2C)cc1. The maximum Gasteiger partial charge on any atom is 0.265 e. The first-order chi connectivity index (χ1) is 19.6. The molecule has 41 heavy (non-hydrogen) atoms. The fourth-order valence-corrected chi connectivity index (χ4v) is 7.11. The Morgan fingerprint density at radius 1 is 1.10 bits per heavy atom. The van der Waals surface area contributed by atoms with E-state index in [2.05, 4.69) is 26.5 Å². The highest BCUT2D eigenvalue weighted by Gasteiger charge is 2.42. The molecule has 2 amide bonds. The van der Waals surface area contributed by atoms with Gasteiger partial charge >= 0.3 is 0 Å². The molecular weight excluding hydrogens is 564 g/mol. The van der Waals surface area contributed by atoms with Crippen LogP contribution < -0.4 is 25.8 Å². The molecule has 1 unspecified atom stereocenters. The molecule has 0 saturated heterocycles. The molecule has 4 N–H and O–H groups in total. The Labute approximate surface area is 245 Å². The lowest BCUT2D eigenvalue weighted by Crippen LogP contribution is -2.53. The molecular formula is C29H33ClN6O4S. The van der Waals surface area contributed by atoms with Crippen molar-refractivity contribution in [3.8, 4) is 0 Å². The molecule has 0 aliphatic carbocycles. The third kappa shape index (κ3) is 7.05. The average molecular weight is 597 g/mol. The standard InChI is InChI=1S/C29H33ClN6O4S/c1-4-33-34-18-32-23-11-9-21(10-12-23)13-14-31-27(37)17-26-29(38)35-24-7-5-6-8-25(24)36(26)41(39,40)28-19(2)15-22(30)16-20(28)3/h5-12,15-16,18,26,33H,4,13-14,17H2,1-3H3,(H,31,37)(H,32,34)(H,35,38). The number of rotatable bonds is 11. The van der Waals surface area contributed by atoms with Gasteiger partial charge in [-0.1, -0.05) is 42.8 Å². The van der Waals surface area contributed by atoms with Crippen LogP contribution in [0.25, 0.3) is 0 Å². The minimum atomic E-state index is -4.25. The van der Waals surface area contributed by atoms with Crippen LogP contribution in [0.2, 0.25) is 5.02 Å². The fourth-order valence-electron chi connectivity index (χ4n) is 4.73. The largest absolute Gasteiger partial charge is 0.356 e. The number of carbonyl (C=O) groups excluding carboxylic acids is 2. The third-order valence-corrected chi connectivity index (χ3v) is 8.88. The number of hydrazine groups is 1. The highest BCUT2D eigenvalue weighted by Crippen LogP contribution is 2.39. The molecule has 3 aromatic rings. The summed E-state index contributed by atoms with van der Waals surface area (Å²) in [5.41, 5.74) is 9.10. The molecule has 1 aliphatic heterocycles. The summed E-state index contributed by atoms with van der Waals surface area (Å²) in [7, 11) is -4.25. The number of amides is 2. The van der Waals surface area contributed by atoms with Crippen LogP contribution in [-0.4, -0.2) is 45.7 Å². The Morgan fingerprint density at radius 2 is 1.78 bits per heavy atom. The molecule has 0 aromatic heterocycles. The first-order valence-corrected chi connectivity index (χ1v) is 15.0. The third-order valence-electron chi connectivity index (χ3n) is 6.54. The number of benzene rings is 3. The van der Waals surface area contributed by atoms with Crippen molar-refractivity contribution < 1.29 is 18.0 Å². The van der Waals surface area contributed by atoms with Crippen LogP contribution in [0.4, 0.5) is 17.1 Å². The first-order valence-electron chi connectivity index (χ1n) is 13.2. The van der Waals surface area contributed by atoms with E-state index in [-0.39, 0.29) is 11.3 Å². The predicted molar refractivity (Wildman–Crippen MR) is 162 cm³/mol. The molecule has 3 aromatic carbocycles. The summed E-state index contributed by atoms with van der Waals surface area (Å²) in [5.74, 6) is -1.02. The topological polar surface area (TPSA) is 132 Å². The Balaban J connectivity index is 1.49. The number of sulfonamides is 1. The second-order valence-electron chi connectivity index (χ2n) is 9.60. The second kappa shape index (κ2) is 13.2. The van der Waals surface area contributed by atoms with Crippen LogP contribution in [0, 0.1) is 13.8 Å². The van der Waals surface area contributed by atoms with Crippen molar-refractivity contribution in [2.45, 2.75) is 44.6 Å². The minimum Gasteiger partial charge on any atom is -0.356 e. The maximum atomic E-state index is 14.1. The van der Waals surface area contributed by atoms with Crippen molar-refractivity contribution in [2.24, 2.45) is 4.99 Å². The maximum absolute atomic E-state index is 14.1. The van der Waals surface area contributed by atoms with E-state index in [0.717, 1.165) is 22.1 Å². The smallest absolute Gasteiger partial charge is 0.265 e. The number of nitrogens with zero attached hydrogens (tertiary/aromatic N) is 2. The van der Waals surface area contributed by atoms with E-state index in [9.17, 15) is 18.0 Å². The van der Waals surface area contributed by atoms with Gasteiger partial charge in [0.05, 0.1) is 28.4 Å². The monoisotopic (exact) mass is 596 g/mol. The number of aliphatic imine (C=N–C) groups is 1. The molecule has 0 fully saturated rings. The van der Waals surface area contributed by atoms with E-state index < -0.39 is 27.9 Å². The van der Waals surface area contributed by atoms with E-state index >= 15 is 0 Å². The van der Waals surface area contributed by atoms with Gasteiger partial charge in [0.25, 0.3) is 10.0 Å². The normalized spacial score (nSPS) is 15.0. The van der Waals surface area contributed by atoms with Crippen molar-refractivity contribution in [3.63, 3.8) is 0 Å². The van der Waals surface area contributed by atoms with Gasteiger partial charge in [-0.2, -0.15) is 0 Å². The Morgan fingerprint density at radius 3 is 2.46 bits per heavy atom. The quantitative estimate of drug-likeness (QED) is 0.115. The van der Waals surface area contributed by atoms with Gasteiger partial charge in [-0.3, -0.25) is 13.9 Å². The number of halogens is 1. The molecule has 0 bridgehead atoms. The van der Waals surface area contributed by atoms with Gasteiger partial charge in [0.15, 0.2) is 0 Å². The van der Waals surface area contributed by atoms with Crippen molar-refractivity contribution >= 4 is 56.8 Å². The molecule has 1 aliphatic rings. The van der Waals surface area contributed by atoms with E-state index in [0.29, 0.717) is 40.5 Å². The van der Waals surface area contributed by atoms with E-state index in [1.165, 1.54) is 0 Å². The van der Waals surface area contributed by atoms with Gasteiger partial charge in [-0.05, 0) is 73.4 Å². The molecule has 216 valence electrons. The number of nitrogens with one attached hydrogen (secondary N) is 4. The van der Waals surface area contributed by atoms with Crippen molar-refractivity contribution in [1.29, 1.82) is 0 Å². The number of anilines is 2. The Hall–Kier alpha value is -3.93. The summed E-state index contributed by atoms with van der Waals surface area (Å²) in [6, 6.07) is 16.1. The summed E-state index contributed by atoms with van der Waals surface area (Å²) < 4.78 is 29.3. The molecule has 1 atom stereocenters. The molecule has 0 saturated carbocycles. The predicted octanol–water partition coefficient (Wildman–Crippen LogP) is 4.00. The highest BCUT2D eigenvalue weighted by atomic mass is 35.5. The van der Waals surface area contributed by atoms with Gasteiger partial charge in [0, 0.05) is 18.1 Å². The zero-order valence-corrected chi connectivity index (χ0v) is 24.6. The van der Waals surface area contributed by atoms with Gasteiger partial charge in [-0.15, -0.1) is 0 Å².